The maximum absolute atomic E-state index is 5.94. The van der Waals surface area contributed by atoms with E-state index in [9.17, 15) is 0 Å². The highest BCUT2D eigenvalue weighted by molar-refractivity contribution is 6.16. The average molecular weight is 241 g/mol. The Balaban J connectivity index is 2.80. The Labute approximate surface area is 100 Å². The van der Waals surface area contributed by atoms with Crippen LogP contribution in [-0.2, 0) is 12.4 Å². The first-order valence-corrected chi connectivity index (χ1v) is 6.13. The van der Waals surface area contributed by atoms with Gasteiger partial charge in [0.2, 0.25) is 0 Å². The summed E-state index contributed by atoms with van der Waals surface area (Å²) in [5, 5.41) is 4.48. The van der Waals surface area contributed by atoms with E-state index in [1.807, 2.05) is 11.6 Å². The fraction of sp³-hybridized carbons (Fsp3) is 0.636. The van der Waals surface area contributed by atoms with Crippen LogP contribution in [0.15, 0.2) is 0 Å². The van der Waals surface area contributed by atoms with Crippen LogP contribution in [0.25, 0.3) is 11.2 Å². The number of rotatable bonds is 3. The molecule has 0 atom stereocenters. The van der Waals surface area contributed by atoms with E-state index < -0.39 is 0 Å². The number of fused-ring (bicyclic) bond motifs is 1. The summed E-state index contributed by atoms with van der Waals surface area (Å²) >= 11 is 5.94. The van der Waals surface area contributed by atoms with E-state index in [-0.39, 0.29) is 0 Å². The minimum atomic E-state index is 0.347. The molecular formula is C11H17ClN4. The zero-order valence-electron chi connectivity index (χ0n) is 10.2. The number of aryl methyl sites for hydroxylation is 2. The summed E-state index contributed by atoms with van der Waals surface area (Å²) in [6.45, 7) is 9.21. The molecule has 0 bridgehead atoms. The largest absolute Gasteiger partial charge is 0.309 e. The van der Waals surface area contributed by atoms with Crippen molar-refractivity contribution >= 4 is 22.8 Å². The fourth-order valence-corrected chi connectivity index (χ4v) is 2.28. The van der Waals surface area contributed by atoms with Crippen molar-refractivity contribution in [2.24, 2.45) is 0 Å². The Hall–Kier alpha value is -1.03. The maximum Gasteiger partial charge on any atom is 0.159 e. The van der Waals surface area contributed by atoms with E-state index in [2.05, 4.69) is 35.4 Å². The van der Waals surface area contributed by atoms with E-state index >= 15 is 0 Å². The number of nitrogens with zero attached hydrogens (tertiary/aromatic N) is 4. The first-order valence-electron chi connectivity index (χ1n) is 5.60. The molecule has 0 aromatic carbocycles. The van der Waals surface area contributed by atoms with E-state index in [1.54, 1.807) is 0 Å². The van der Waals surface area contributed by atoms with Crippen molar-refractivity contribution in [3.63, 3.8) is 0 Å². The number of imidazole rings is 1. The standard InChI is InChI=1S/C11H17ClN4/c1-5-15-11-10(8(4)14-15)13-9(6-12)16(11)7(2)3/h7H,5-6H2,1-4H3. The molecule has 0 saturated heterocycles. The Morgan fingerprint density at radius 3 is 2.56 bits per heavy atom. The first kappa shape index (κ1) is 11.5. The number of hydrogen-bond acceptors (Lipinski definition) is 2. The normalized spacial score (nSPS) is 11.9. The minimum Gasteiger partial charge on any atom is -0.309 e. The summed E-state index contributed by atoms with van der Waals surface area (Å²) in [5.74, 6) is 1.37. The Morgan fingerprint density at radius 1 is 1.38 bits per heavy atom. The van der Waals surface area contributed by atoms with Crippen LogP contribution in [-0.4, -0.2) is 19.3 Å². The lowest BCUT2D eigenvalue weighted by atomic mass is 10.3. The van der Waals surface area contributed by atoms with Crippen LogP contribution in [0.3, 0.4) is 0 Å². The lowest BCUT2D eigenvalue weighted by Crippen LogP contribution is -2.09. The zero-order chi connectivity index (χ0) is 11.9. The van der Waals surface area contributed by atoms with Crippen LogP contribution in [0, 0.1) is 6.92 Å². The quantitative estimate of drug-likeness (QED) is 0.774. The summed E-state index contributed by atoms with van der Waals surface area (Å²) in [4.78, 5) is 4.57. The van der Waals surface area contributed by atoms with E-state index in [0.29, 0.717) is 11.9 Å². The molecule has 0 aliphatic carbocycles. The maximum atomic E-state index is 5.94. The summed E-state index contributed by atoms with van der Waals surface area (Å²) in [6.07, 6.45) is 0. The van der Waals surface area contributed by atoms with Crippen LogP contribution in [0.5, 0.6) is 0 Å². The average Bonchev–Trinajstić information content (AvgIpc) is 2.76. The summed E-state index contributed by atoms with van der Waals surface area (Å²) in [7, 11) is 0. The van der Waals surface area contributed by atoms with Crippen molar-refractivity contribution in [1.29, 1.82) is 0 Å². The molecule has 16 heavy (non-hydrogen) atoms. The third kappa shape index (κ3) is 1.52. The third-order valence-corrected chi connectivity index (χ3v) is 2.99. The summed E-state index contributed by atoms with van der Waals surface area (Å²) in [6, 6.07) is 0.347. The molecule has 0 aliphatic rings. The first-order chi connectivity index (χ1) is 7.60. The second-order valence-electron chi connectivity index (χ2n) is 4.20. The fourth-order valence-electron chi connectivity index (χ4n) is 2.09. The molecule has 0 unspecified atom stereocenters. The van der Waals surface area contributed by atoms with Crippen molar-refractivity contribution in [3.05, 3.63) is 11.5 Å². The van der Waals surface area contributed by atoms with Gasteiger partial charge < -0.3 is 4.57 Å². The third-order valence-electron chi connectivity index (χ3n) is 2.75. The van der Waals surface area contributed by atoms with Crippen molar-refractivity contribution in [2.75, 3.05) is 0 Å². The highest BCUT2D eigenvalue weighted by Gasteiger charge is 2.18. The highest BCUT2D eigenvalue weighted by atomic mass is 35.5. The lowest BCUT2D eigenvalue weighted by Gasteiger charge is -2.12. The van der Waals surface area contributed by atoms with Gasteiger partial charge >= 0.3 is 0 Å². The smallest absolute Gasteiger partial charge is 0.159 e. The molecule has 0 amide bonds. The zero-order valence-corrected chi connectivity index (χ0v) is 10.9. The molecular weight excluding hydrogens is 224 g/mol. The minimum absolute atomic E-state index is 0.347. The second kappa shape index (κ2) is 4.09. The Morgan fingerprint density at radius 2 is 2.06 bits per heavy atom. The van der Waals surface area contributed by atoms with Gasteiger partial charge in [0.1, 0.15) is 11.3 Å². The van der Waals surface area contributed by atoms with Crippen LogP contribution in [0.4, 0.5) is 0 Å². The van der Waals surface area contributed by atoms with Crippen LogP contribution < -0.4 is 0 Å². The van der Waals surface area contributed by atoms with Gasteiger partial charge in [-0.3, -0.25) is 0 Å². The number of alkyl halides is 1. The molecule has 0 aliphatic heterocycles. The lowest BCUT2D eigenvalue weighted by molar-refractivity contribution is 0.563. The van der Waals surface area contributed by atoms with Crippen LogP contribution in [0.2, 0.25) is 0 Å². The number of hydrogen-bond donors (Lipinski definition) is 0. The van der Waals surface area contributed by atoms with Gasteiger partial charge in [-0.25, -0.2) is 9.67 Å². The Kier molecular flexibility index (Phi) is 2.93. The number of aromatic nitrogens is 4. The molecule has 5 heteroatoms. The van der Waals surface area contributed by atoms with Gasteiger partial charge in [0.25, 0.3) is 0 Å². The van der Waals surface area contributed by atoms with Gasteiger partial charge in [0.15, 0.2) is 5.65 Å². The molecule has 0 spiro atoms. The van der Waals surface area contributed by atoms with Crippen LogP contribution in [0.1, 0.15) is 38.3 Å². The molecule has 0 radical (unpaired) electrons. The van der Waals surface area contributed by atoms with E-state index in [0.717, 1.165) is 29.2 Å². The van der Waals surface area contributed by atoms with Gasteiger partial charge in [-0.05, 0) is 27.7 Å². The molecule has 2 rings (SSSR count). The molecule has 4 nitrogen and oxygen atoms in total. The predicted molar refractivity (Wildman–Crippen MR) is 65.9 cm³/mol. The molecule has 2 aromatic rings. The van der Waals surface area contributed by atoms with Gasteiger partial charge in [0.05, 0.1) is 11.6 Å². The van der Waals surface area contributed by atoms with Crippen molar-refractivity contribution in [2.45, 2.75) is 46.2 Å². The molecule has 0 N–H and O–H groups in total. The van der Waals surface area contributed by atoms with E-state index in [4.69, 9.17) is 11.6 Å². The monoisotopic (exact) mass is 240 g/mol. The molecule has 0 fully saturated rings. The summed E-state index contributed by atoms with van der Waals surface area (Å²) in [5.41, 5.74) is 3.04. The van der Waals surface area contributed by atoms with Gasteiger partial charge in [-0.2, -0.15) is 5.10 Å². The van der Waals surface area contributed by atoms with Crippen molar-refractivity contribution in [1.82, 2.24) is 19.3 Å². The van der Waals surface area contributed by atoms with Crippen LogP contribution >= 0.6 is 11.6 Å². The highest BCUT2D eigenvalue weighted by Crippen LogP contribution is 2.24. The van der Waals surface area contributed by atoms with E-state index in [1.165, 1.54) is 0 Å². The predicted octanol–water partition coefficient (Wildman–Crippen LogP) is 2.88. The molecule has 88 valence electrons. The SMILES string of the molecule is CCn1nc(C)c2nc(CCl)n(C(C)C)c21. The number of halogens is 1. The Bertz CT molecular complexity index is 509. The topological polar surface area (TPSA) is 35.6 Å². The molecule has 0 saturated carbocycles. The van der Waals surface area contributed by atoms with Crippen molar-refractivity contribution in [3.8, 4) is 0 Å². The van der Waals surface area contributed by atoms with Crippen molar-refractivity contribution < 1.29 is 0 Å². The molecule has 2 heterocycles. The molecule has 2 aromatic heterocycles. The second-order valence-corrected chi connectivity index (χ2v) is 4.47. The van der Waals surface area contributed by atoms with Gasteiger partial charge in [0, 0.05) is 12.6 Å². The summed E-state index contributed by atoms with van der Waals surface area (Å²) < 4.78 is 4.17. The van der Waals surface area contributed by atoms with Gasteiger partial charge in [-0.15, -0.1) is 11.6 Å². The van der Waals surface area contributed by atoms with Gasteiger partial charge in [-0.1, -0.05) is 0 Å².